The molecule has 0 aliphatic rings. The van der Waals surface area contributed by atoms with Crippen LogP contribution in [0, 0.1) is 0 Å². The fraction of sp³-hybridized carbons (Fsp3) is 0.240. The largest absolute Gasteiger partial charge is 0.299 e. The maximum atomic E-state index is 12.0. The Kier molecular flexibility index (Phi) is 6.26. The van der Waals surface area contributed by atoms with E-state index >= 15 is 0 Å². The maximum absolute atomic E-state index is 12.0. The topological polar surface area (TPSA) is 55.2 Å². The fourth-order valence-electron chi connectivity index (χ4n) is 3.40. The molecule has 4 rings (SSSR count). The highest BCUT2D eigenvalue weighted by molar-refractivity contribution is 7.90. The van der Waals surface area contributed by atoms with Crippen molar-refractivity contribution in [2.24, 2.45) is 0 Å². The summed E-state index contributed by atoms with van der Waals surface area (Å²) >= 11 is 8.13. The van der Waals surface area contributed by atoms with Crippen molar-refractivity contribution < 1.29 is 8.42 Å². The van der Waals surface area contributed by atoms with Crippen molar-refractivity contribution in [1.82, 2.24) is 14.7 Å². The summed E-state index contributed by atoms with van der Waals surface area (Å²) in [6.07, 6.45) is 1.22. The minimum absolute atomic E-state index is 0.287. The molecule has 4 aromatic rings. The van der Waals surface area contributed by atoms with Gasteiger partial charge in [-0.1, -0.05) is 35.9 Å². The number of halogens is 1. The van der Waals surface area contributed by atoms with Crippen molar-refractivity contribution in [2.75, 3.05) is 20.4 Å². The van der Waals surface area contributed by atoms with Crippen LogP contribution >= 0.6 is 22.9 Å². The molecule has 0 fully saturated rings. The molecular weight excluding hydrogens is 474 g/mol. The number of rotatable bonds is 6. The van der Waals surface area contributed by atoms with Crippen LogP contribution in [0.5, 0.6) is 0 Å². The molecule has 172 valence electrons. The summed E-state index contributed by atoms with van der Waals surface area (Å²) in [6, 6.07) is 20.9. The van der Waals surface area contributed by atoms with E-state index in [0.29, 0.717) is 9.92 Å². The van der Waals surface area contributed by atoms with Crippen LogP contribution in [0.25, 0.3) is 26.7 Å². The van der Waals surface area contributed by atoms with Gasteiger partial charge in [0.05, 0.1) is 37.4 Å². The number of hydrogen-bond acceptors (Lipinski definition) is 5. The molecule has 2 aromatic carbocycles. The summed E-state index contributed by atoms with van der Waals surface area (Å²) in [7, 11) is 0.792. The van der Waals surface area contributed by atoms with Crippen molar-refractivity contribution in [2.45, 2.75) is 24.3 Å². The SMILES string of the molecule is CN(C)C(C)(C)c1cc(-c2ccc(-c3cccc(S(C)(=O)=O)c3)s2)n(-c2ccccc2Cl)n1. The van der Waals surface area contributed by atoms with Crippen LogP contribution in [-0.4, -0.2) is 43.4 Å². The minimum Gasteiger partial charge on any atom is -0.299 e. The van der Waals surface area contributed by atoms with Crippen LogP contribution in [0.15, 0.2) is 71.6 Å². The van der Waals surface area contributed by atoms with E-state index in [0.717, 1.165) is 32.4 Å². The lowest BCUT2D eigenvalue weighted by Gasteiger charge is -2.30. The highest BCUT2D eigenvalue weighted by atomic mass is 35.5. The zero-order chi connectivity index (χ0) is 24.0. The van der Waals surface area contributed by atoms with Crippen LogP contribution in [0.1, 0.15) is 19.5 Å². The molecule has 0 amide bonds. The third-order valence-electron chi connectivity index (χ3n) is 5.94. The van der Waals surface area contributed by atoms with E-state index in [1.807, 2.05) is 61.2 Å². The summed E-state index contributed by atoms with van der Waals surface area (Å²) in [5.74, 6) is 0. The average Bonchev–Trinajstić information content (AvgIpc) is 3.41. The summed E-state index contributed by atoms with van der Waals surface area (Å²) < 4.78 is 25.9. The Hall–Kier alpha value is -2.45. The van der Waals surface area contributed by atoms with Gasteiger partial charge in [-0.2, -0.15) is 5.10 Å². The van der Waals surface area contributed by atoms with Gasteiger partial charge in [0.15, 0.2) is 9.84 Å². The summed E-state index contributed by atoms with van der Waals surface area (Å²) in [5, 5.41) is 5.58. The van der Waals surface area contributed by atoms with E-state index in [1.54, 1.807) is 29.5 Å². The van der Waals surface area contributed by atoms with Crippen LogP contribution in [0.4, 0.5) is 0 Å². The van der Waals surface area contributed by atoms with Gasteiger partial charge in [0.2, 0.25) is 0 Å². The molecule has 33 heavy (non-hydrogen) atoms. The molecule has 0 N–H and O–H groups in total. The molecule has 2 aromatic heterocycles. The highest BCUT2D eigenvalue weighted by Crippen LogP contribution is 2.39. The van der Waals surface area contributed by atoms with Crippen molar-refractivity contribution >= 4 is 32.8 Å². The fourth-order valence-corrected chi connectivity index (χ4v) is 5.29. The van der Waals surface area contributed by atoms with Crippen LogP contribution in [0.2, 0.25) is 5.02 Å². The zero-order valence-electron chi connectivity index (χ0n) is 19.2. The molecule has 5 nitrogen and oxygen atoms in total. The Morgan fingerprint density at radius 2 is 1.67 bits per heavy atom. The Balaban J connectivity index is 1.86. The molecule has 2 heterocycles. The van der Waals surface area contributed by atoms with E-state index in [4.69, 9.17) is 16.7 Å². The number of para-hydroxylation sites is 1. The van der Waals surface area contributed by atoms with Gasteiger partial charge in [0, 0.05) is 11.1 Å². The van der Waals surface area contributed by atoms with Crippen molar-refractivity contribution in [3.8, 4) is 26.7 Å². The van der Waals surface area contributed by atoms with Crippen molar-refractivity contribution in [1.29, 1.82) is 0 Å². The number of sulfone groups is 1. The molecule has 0 aliphatic heterocycles. The van der Waals surface area contributed by atoms with Gasteiger partial charge in [-0.05, 0) is 76.0 Å². The van der Waals surface area contributed by atoms with Crippen molar-refractivity contribution in [3.63, 3.8) is 0 Å². The lowest BCUT2D eigenvalue weighted by Crippen LogP contribution is -2.35. The predicted molar refractivity (Wildman–Crippen MR) is 137 cm³/mol. The van der Waals surface area contributed by atoms with Gasteiger partial charge >= 0.3 is 0 Å². The van der Waals surface area contributed by atoms with Gasteiger partial charge in [0.1, 0.15) is 0 Å². The van der Waals surface area contributed by atoms with Gasteiger partial charge in [-0.3, -0.25) is 4.90 Å². The van der Waals surface area contributed by atoms with Gasteiger partial charge in [-0.25, -0.2) is 13.1 Å². The molecular formula is C25H26ClN3O2S2. The summed E-state index contributed by atoms with van der Waals surface area (Å²) in [5.41, 5.74) is 3.25. The normalized spacial score (nSPS) is 12.5. The first-order valence-electron chi connectivity index (χ1n) is 10.4. The van der Waals surface area contributed by atoms with E-state index in [9.17, 15) is 8.42 Å². The first-order valence-corrected chi connectivity index (χ1v) is 13.5. The average molecular weight is 500 g/mol. The molecule has 0 aliphatic carbocycles. The Morgan fingerprint density at radius 1 is 0.970 bits per heavy atom. The Morgan fingerprint density at radius 3 is 2.33 bits per heavy atom. The Bertz CT molecular complexity index is 1420. The van der Waals surface area contributed by atoms with Crippen LogP contribution < -0.4 is 0 Å². The second-order valence-electron chi connectivity index (χ2n) is 8.70. The van der Waals surface area contributed by atoms with Crippen LogP contribution in [0.3, 0.4) is 0 Å². The maximum Gasteiger partial charge on any atom is 0.175 e. The van der Waals surface area contributed by atoms with E-state index in [-0.39, 0.29) is 5.54 Å². The minimum atomic E-state index is -3.28. The van der Waals surface area contributed by atoms with Gasteiger partial charge in [0.25, 0.3) is 0 Å². The van der Waals surface area contributed by atoms with E-state index in [2.05, 4.69) is 24.8 Å². The predicted octanol–water partition coefficient (Wildman–Crippen LogP) is 6.12. The molecule has 0 radical (unpaired) electrons. The van der Waals surface area contributed by atoms with E-state index < -0.39 is 9.84 Å². The molecule has 0 bridgehead atoms. The second-order valence-corrected chi connectivity index (χ2v) is 12.2. The van der Waals surface area contributed by atoms with Gasteiger partial charge in [-0.15, -0.1) is 11.3 Å². The third-order valence-corrected chi connectivity index (χ3v) is 8.53. The standard InChI is InChI=1S/C25H26ClN3O2S2/c1-25(2,28(3)4)24-16-21(29(27-24)20-12-7-6-11-19(20)26)23-14-13-22(32-23)17-9-8-10-18(15-17)33(5,30)31/h6-16H,1-5H3. The first-order chi connectivity index (χ1) is 15.5. The lowest BCUT2D eigenvalue weighted by molar-refractivity contribution is 0.191. The lowest BCUT2D eigenvalue weighted by atomic mass is 9.99. The second kappa shape index (κ2) is 8.72. The quantitative estimate of drug-likeness (QED) is 0.320. The highest BCUT2D eigenvalue weighted by Gasteiger charge is 2.28. The monoisotopic (exact) mass is 499 g/mol. The number of aromatic nitrogens is 2. The third kappa shape index (κ3) is 4.64. The molecule has 0 saturated heterocycles. The zero-order valence-corrected chi connectivity index (χ0v) is 21.6. The molecule has 0 spiro atoms. The smallest absolute Gasteiger partial charge is 0.175 e. The van der Waals surface area contributed by atoms with Crippen molar-refractivity contribution in [3.05, 3.63) is 77.4 Å². The molecule has 0 atom stereocenters. The number of benzene rings is 2. The Labute approximate surface area is 204 Å². The van der Waals surface area contributed by atoms with E-state index in [1.165, 1.54) is 6.26 Å². The van der Waals surface area contributed by atoms with Gasteiger partial charge < -0.3 is 0 Å². The number of hydrogen-bond donors (Lipinski definition) is 0. The molecule has 0 unspecified atom stereocenters. The number of thiophene rings is 1. The number of nitrogens with zero attached hydrogens (tertiary/aromatic N) is 3. The molecule has 8 heteroatoms. The first kappa shape index (κ1) is 23.7. The van der Waals surface area contributed by atoms with Crippen LogP contribution in [-0.2, 0) is 15.4 Å². The summed E-state index contributed by atoms with van der Waals surface area (Å²) in [6.45, 7) is 4.26. The summed E-state index contributed by atoms with van der Waals surface area (Å²) in [4.78, 5) is 4.44. The molecule has 0 saturated carbocycles.